The predicted molar refractivity (Wildman–Crippen MR) is 73.4 cm³/mol. The number of benzene rings is 1. The Labute approximate surface area is 117 Å². The lowest BCUT2D eigenvalue weighted by atomic mass is 9.97. The smallest absolute Gasteiger partial charge is 0.145 e. The molecule has 1 aromatic rings. The molecular formula is C14H17FN4O. The van der Waals surface area contributed by atoms with E-state index in [2.05, 4.69) is 11.4 Å². The molecule has 0 spiro atoms. The Morgan fingerprint density at radius 2 is 2.20 bits per heavy atom. The van der Waals surface area contributed by atoms with Crippen molar-refractivity contribution in [3.8, 4) is 11.8 Å². The molecule has 2 heterocycles. The van der Waals surface area contributed by atoms with Gasteiger partial charge in [0.1, 0.15) is 29.8 Å². The lowest BCUT2D eigenvalue weighted by Crippen LogP contribution is -2.44. The maximum atomic E-state index is 14.3. The van der Waals surface area contributed by atoms with Gasteiger partial charge in [-0.2, -0.15) is 5.26 Å². The van der Waals surface area contributed by atoms with Crippen molar-refractivity contribution < 1.29 is 9.13 Å². The number of nitrogens with zero attached hydrogens (tertiary/aromatic N) is 2. The molecule has 0 radical (unpaired) electrons. The van der Waals surface area contributed by atoms with Crippen LogP contribution < -0.4 is 20.7 Å². The van der Waals surface area contributed by atoms with Crippen LogP contribution in [-0.4, -0.2) is 38.8 Å². The monoisotopic (exact) mass is 276 g/mol. The third-order valence-corrected chi connectivity index (χ3v) is 3.79. The number of nitrogens with two attached hydrogens (primary N) is 1. The van der Waals surface area contributed by atoms with E-state index in [1.165, 1.54) is 6.07 Å². The standard InChI is InChI=1S/C14H17FN4O/c15-12-6-13(19-3-1-18-2-4-19)11(7-16)14-10(12)5-9(17)8-20-14/h6,9,18H,1-5,8,17H2/t9-/m1/s1. The molecule has 0 amide bonds. The van der Waals surface area contributed by atoms with Crippen LogP contribution in [0.4, 0.5) is 10.1 Å². The number of nitriles is 1. The molecule has 3 rings (SSSR count). The summed E-state index contributed by atoms with van der Waals surface area (Å²) in [5.41, 5.74) is 7.28. The van der Waals surface area contributed by atoms with Crippen molar-refractivity contribution in [3.05, 3.63) is 23.0 Å². The fourth-order valence-electron chi connectivity index (χ4n) is 2.78. The van der Waals surface area contributed by atoms with Crippen LogP contribution in [0.5, 0.6) is 5.75 Å². The van der Waals surface area contributed by atoms with Crippen LogP contribution in [0, 0.1) is 17.1 Å². The second kappa shape index (κ2) is 5.27. The first-order valence-corrected chi connectivity index (χ1v) is 6.80. The van der Waals surface area contributed by atoms with E-state index in [0.717, 1.165) is 26.2 Å². The minimum atomic E-state index is -0.331. The lowest BCUT2D eigenvalue weighted by molar-refractivity contribution is 0.258. The third kappa shape index (κ3) is 2.19. The Morgan fingerprint density at radius 3 is 2.90 bits per heavy atom. The van der Waals surface area contributed by atoms with Crippen molar-refractivity contribution >= 4 is 5.69 Å². The van der Waals surface area contributed by atoms with Gasteiger partial charge in [0.15, 0.2) is 0 Å². The Balaban J connectivity index is 2.07. The lowest BCUT2D eigenvalue weighted by Gasteiger charge is -2.32. The molecule has 106 valence electrons. The van der Waals surface area contributed by atoms with Crippen LogP contribution in [0.25, 0.3) is 0 Å². The van der Waals surface area contributed by atoms with E-state index in [9.17, 15) is 9.65 Å². The van der Waals surface area contributed by atoms with Gasteiger partial charge in [0.25, 0.3) is 0 Å². The van der Waals surface area contributed by atoms with E-state index < -0.39 is 0 Å². The highest BCUT2D eigenvalue weighted by Crippen LogP contribution is 2.37. The van der Waals surface area contributed by atoms with E-state index in [4.69, 9.17) is 10.5 Å². The minimum absolute atomic E-state index is 0.214. The van der Waals surface area contributed by atoms with Gasteiger partial charge in [0.2, 0.25) is 0 Å². The summed E-state index contributed by atoms with van der Waals surface area (Å²) in [7, 11) is 0. The van der Waals surface area contributed by atoms with E-state index in [-0.39, 0.29) is 11.9 Å². The highest BCUT2D eigenvalue weighted by atomic mass is 19.1. The minimum Gasteiger partial charge on any atom is -0.490 e. The van der Waals surface area contributed by atoms with E-state index >= 15 is 0 Å². The molecular weight excluding hydrogens is 259 g/mol. The summed E-state index contributed by atoms with van der Waals surface area (Å²) in [4.78, 5) is 2.02. The van der Waals surface area contributed by atoms with Gasteiger partial charge in [-0.1, -0.05) is 0 Å². The molecule has 0 aromatic heterocycles. The van der Waals surface area contributed by atoms with Crippen LogP contribution in [-0.2, 0) is 6.42 Å². The molecule has 6 heteroatoms. The Bertz CT molecular complexity index is 563. The van der Waals surface area contributed by atoms with Crippen LogP contribution in [0.3, 0.4) is 0 Å². The number of piperazine rings is 1. The SMILES string of the molecule is N#Cc1c(N2CCNCC2)cc(F)c2c1OC[C@H](N)C2. The number of ether oxygens (including phenoxy) is 1. The number of anilines is 1. The maximum Gasteiger partial charge on any atom is 0.145 e. The second-order valence-electron chi connectivity index (χ2n) is 5.18. The number of fused-ring (bicyclic) bond motifs is 1. The number of halogens is 1. The molecule has 3 N–H and O–H groups in total. The second-order valence-corrected chi connectivity index (χ2v) is 5.18. The van der Waals surface area contributed by atoms with Crippen molar-refractivity contribution in [2.75, 3.05) is 37.7 Å². The Kier molecular flexibility index (Phi) is 3.47. The van der Waals surface area contributed by atoms with Gasteiger partial charge in [0.05, 0.1) is 5.69 Å². The summed E-state index contributed by atoms with van der Waals surface area (Å²) >= 11 is 0. The summed E-state index contributed by atoms with van der Waals surface area (Å²) < 4.78 is 19.8. The first-order valence-electron chi connectivity index (χ1n) is 6.80. The highest BCUT2D eigenvalue weighted by molar-refractivity contribution is 5.68. The number of nitrogens with one attached hydrogen (secondary N) is 1. The zero-order chi connectivity index (χ0) is 14.1. The van der Waals surface area contributed by atoms with Gasteiger partial charge in [-0.05, 0) is 12.5 Å². The van der Waals surface area contributed by atoms with Gasteiger partial charge in [-0.25, -0.2) is 4.39 Å². The van der Waals surface area contributed by atoms with Gasteiger partial charge in [0, 0.05) is 37.8 Å². The molecule has 1 aromatic carbocycles. The van der Waals surface area contributed by atoms with Crippen molar-refractivity contribution in [1.82, 2.24) is 5.32 Å². The van der Waals surface area contributed by atoms with Crippen molar-refractivity contribution in [1.29, 1.82) is 5.26 Å². The van der Waals surface area contributed by atoms with Crippen molar-refractivity contribution in [2.45, 2.75) is 12.5 Å². The molecule has 0 saturated carbocycles. The maximum absolute atomic E-state index is 14.3. The molecule has 2 aliphatic rings. The summed E-state index contributed by atoms with van der Waals surface area (Å²) in [6.07, 6.45) is 0.414. The molecule has 1 saturated heterocycles. The third-order valence-electron chi connectivity index (χ3n) is 3.79. The average molecular weight is 276 g/mol. The quantitative estimate of drug-likeness (QED) is 0.775. The van der Waals surface area contributed by atoms with Gasteiger partial charge in [-0.3, -0.25) is 0 Å². The number of hydrogen-bond acceptors (Lipinski definition) is 5. The summed E-state index contributed by atoms with van der Waals surface area (Å²) in [5.74, 6) is 0.0467. The van der Waals surface area contributed by atoms with Crippen LogP contribution in [0.1, 0.15) is 11.1 Å². The van der Waals surface area contributed by atoms with Gasteiger partial charge < -0.3 is 20.7 Å². The summed E-state index contributed by atoms with van der Waals surface area (Å²) in [5, 5.41) is 12.7. The van der Waals surface area contributed by atoms with Crippen LogP contribution >= 0.6 is 0 Å². The fraction of sp³-hybridized carbons (Fsp3) is 0.500. The van der Waals surface area contributed by atoms with Crippen molar-refractivity contribution in [3.63, 3.8) is 0 Å². The molecule has 1 fully saturated rings. The van der Waals surface area contributed by atoms with E-state index in [1.807, 2.05) is 4.90 Å². The number of hydrogen-bond donors (Lipinski definition) is 2. The zero-order valence-electron chi connectivity index (χ0n) is 11.2. The normalized spacial score (nSPS) is 21.9. The van der Waals surface area contributed by atoms with E-state index in [0.29, 0.717) is 35.6 Å². The topological polar surface area (TPSA) is 74.3 Å². The average Bonchev–Trinajstić information content (AvgIpc) is 2.48. The molecule has 0 aliphatic carbocycles. The summed E-state index contributed by atoms with van der Waals surface area (Å²) in [6, 6.07) is 3.40. The van der Waals surface area contributed by atoms with Gasteiger partial charge >= 0.3 is 0 Å². The van der Waals surface area contributed by atoms with Gasteiger partial charge in [-0.15, -0.1) is 0 Å². The van der Waals surface area contributed by atoms with Crippen molar-refractivity contribution in [2.24, 2.45) is 5.73 Å². The van der Waals surface area contributed by atoms with Crippen LogP contribution in [0.15, 0.2) is 6.07 Å². The molecule has 0 bridgehead atoms. The Hall–Kier alpha value is -1.84. The molecule has 20 heavy (non-hydrogen) atoms. The first kappa shape index (κ1) is 13.2. The largest absolute Gasteiger partial charge is 0.490 e. The van der Waals surface area contributed by atoms with Crippen LogP contribution in [0.2, 0.25) is 0 Å². The molecule has 2 aliphatic heterocycles. The Morgan fingerprint density at radius 1 is 1.45 bits per heavy atom. The predicted octanol–water partition coefficient (Wildman–Crippen LogP) is 0.369. The molecule has 1 atom stereocenters. The highest BCUT2D eigenvalue weighted by Gasteiger charge is 2.28. The molecule has 0 unspecified atom stereocenters. The summed E-state index contributed by atoms with van der Waals surface area (Å²) in [6.45, 7) is 3.50. The zero-order valence-corrected chi connectivity index (χ0v) is 11.2. The first-order chi connectivity index (χ1) is 9.70. The number of rotatable bonds is 1. The van der Waals surface area contributed by atoms with E-state index in [1.54, 1.807) is 0 Å². The molecule has 5 nitrogen and oxygen atoms in total. The fourth-order valence-corrected chi connectivity index (χ4v) is 2.78.